The standard InChI is InChI=1S/C5H12S3/c1-2-5(3-6)8-4-7/h5-7H,2-4H2,1H3. The zero-order valence-corrected chi connectivity index (χ0v) is 7.61. The van der Waals surface area contributed by atoms with Gasteiger partial charge in [-0.15, -0.1) is 11.8 Å². The predicted octanol–water partition coefficient (Wildman–Crippen LogP) is 2.32. The van der Waals surface area contributed by atoms with Gasteiger partial charge in [-0.1, -0.05) is 6.92 Å². The van der Waals surface area contributed by atoms with E-state index < -0.39 is 0 Å². The molecule has 0 aromatic carbocycles. The lowest BCUT2D eigenvalue weighted by molar-refractivity contribution is 0.921. The second-order valence-corrected chi connectivity index (χ2v) is 3.91. The van der Waals surface area contributed by atoms with Gasteiger partial charge in [-0.25, -0.2) is 0 Å². The fraction of sp³-hybridized carbons (Fsp3) is 1.00. The van der Waals surface area contributed by atoms with Crippen LogP contribution in [0.4, 0.5) is 0 Å². The molecule has 0 spiro atoms. The zero-order chi connectivity index (χ0) is 6.41. The lowest BCUT2D eigenvalue weighted by Crippen LogP contribution is -2.01. The molecule has 0 rings (SSSR count). The second kappa shape index (κ2) is 6.17. The number of hydrogen-bond donors (Lipinski definition) is 2. The first-order valence-corrected chi connectivity index (χ1v) is 4.99. The molecule has 0 saturated carbocycles. The summed E-state index contributed by atoms with van der Waals surface area (Å²) in [5.41, 5.74) is 0. The lowest BCUT2D eigenvalue weighted by atomic mass is 10.4. The van der Waals surface area contributed by atoms with Gasteiger partial charge in [0.25, 0.3) is 0 Å². The first-order chi connectivity index (χ1) is 3.85. The van der Waals surface area contributed by atoms with Crippen molar-refractivity contribution in [3.63, 3.8) is 0 Å². The van der Waals surface area contributed by atoms with E-state index in [1.165, 1.54) is 6.42 Å². The smallest absolute Gasteiger partial charge is 0.0364 e. The van der Waals surface area contributed by atoms with E-state index in [9.17, 15) is 0 Å². The van der Waals surface area contributed by atoms with Crippen LogP contribution in [0.25, 0.3) is 0 Å². The van der Waals surface area contributed by atoms with Gasteiger partial charge in [-0.2, -0.15) is 25.3 Å². The Kier molecular flexibility index (Phi) is 6.98. The number of thiol groups is 2. The Hall–Kier alpha value is 1.05. The van der Waals surface area contributed by atoms with E-state index in [-0.39, 0.29) is 0 Å². The molecule has 0 aliphatic carbocycles. The summed E-state index contributed by atoms with van der Waals surface area (Å²) in [5.74, 6) is 0.974. The van der Waals surface area contributed by atoms with Crippen LogP contribution in [0.5, 0.6) is 0 Å². The van der Waals surface area contributed by atoms with Crippen molar-refractivity contribution in [1.29, 1.82) is 0 Å². The summed E-state index contributed by atoms with van der Waals surface area (Å²) >= 11 is 10.1. The molecule has 0 aromatic heterocycles. The van der Waals surface area contributed by atoms with Gasteiger partial charge in [0.05, 0.1) is 0 Å². The van der Waals surface area contributed by atoms with Crippen molar-refractivity contribution in [2.24, 2.45) is 0 Å². The Morgan fingerprint density at radius 2 is 2.12 bits per heavy atom. The predicted molar refractivity (Wildman–Crippen MR) is 49.4 cm³/mol. The van der Waals surface area contributed by atoms with Crippen LogP contribution in [-0.2, 0) is 0 Å². The van der Waals surface area contributed by atoms with Gasteiger partial charge in [0.2, 0.25) is 0 Å². The Bertz CT molecular complexity index is 42.9. The highest BCUT2D eigenvalue weighted by Crippen LogP contribution is 2.15. The summed E-state index contributed by atoms with van der Waals surface area (Å²) in [7, 11) is 0. The van der Waals surface area contributed by atoms with Crippen molar-refractivity contribution in [2.75, 3.05) is 10.8 Å². The van der Waals surface area contributed by atoms with E-state index in [4.69, 9.17) is 0 Å². The number of hydrogen-bond acceptors (Lipinski definition) is 3. The van der Waals surface area contributed by atoms with Gasteiger partial charge >= 0.3 is 0 Å². The summed E-state index contributed by atoms with van der Waals surface area (Å²) in [6, 6.07) is 0. The topological polar surface area (TPSA) is 0 Å². The van der Waals surface area contributed by atoms with Gasteiger partial charge in [0.15, 0.2) is 0 Å². The first-order valence-electron chi connectivity index (χ1n) is 2.68. The molecule has 0 bridgehead atoms. The molecule has 0 nitrogen and oxygen atoms in total. The lowest BCUT2D eigenvalue weighted by Gasteiger charge is -2.07. The third kappa shape index (κ3) is 3.98. The second-order valence-electron chi connectivity index (χ2n) is 1.51. The maximum Gasteiger partial charge on any atom is 0.0364 e. The summed E-state index contributed by atoms with van der Waals surface area (Å²) < 4.78 is 0. The molecule has 1 atom stereocenters. The molecular formula is C5H12S3. The molecule has 0 saturated heterocycles. The van der Waals surface area contributed by atoms with Crippen LogP contribution >= 0.6 is 37.0 Å². The highest BCUT2D eigenvalue weighted by atomic mass is 32.2. The van der Waals surface area contributed by atoms with Crippen LogP contribution in [0.15, 0.2) is 0 Å². The molecule has 50 valence electrons. The van der Waals surface area contributed by atoms with Crippen molar-refractivity contribution in [2.45, 2.75) is 18.6 Å². The van der Waals surface area contributed by atoms with Crippen LogP contribution in [0.3, 0.4) is 0 Å². The Morgan fingerprint density at radius 1 is 1.50 bits per heavy atom. The molecule has 3 heteroatoms. The van der Waals surface area contributed by atoms with Gasteiger partial charge in [-0.3, -0.25) is 0 Å². The minimum atomic E-state index is 0.704. The molecule has 1 unspecified atom stereocenters. The van der Waals surface area contributed by atoms with Crippen molar-refractivity contribution < 1.29 is 0 Å². The monoisotopic (exact) mass is 168 g/mol. The number of thioether (sulfide) groups is 1. The maximum absolute atomic E-state index is 4.17. The summed E-state index contributed by atoms with van der Waals surface area (Å²) in [4.78, 5) is 0. The minimum absolute atomic E-state index is 0.704. The van der Waals surface area contributed by atoms with E-state index in [1.807, 2.05) is 11.8 Å². The van der Waals surface area contributed by atoms with E-state index >= 15 is 0 Å². The Balaban J connectivity index is 3.07. The molecule has 0 fully saturated rings. The largest absolute Gasteiger partial charge is 0.178 e. The van der Waals surface area contributed by atoms with E-state index in [0.29, 0.717) is 5.25 Å². The summed E-state index contributed by atoms with van der Waals surface area (Å²) in [6.07, 6.45) is 1.20. The van der Waals surface area contributed by atoms with Crippen LogP contribution in [0, 0.1) is 0 Å². The number of rotatable bonds is 4. The van der Waals surface area contributed by atoms with Gasteiger partial charge in [0.1, 0.15) is 0 Å². The average molecular weight is 168 g/mol. The maximum atomic E-state index is 4.17. The molecule has 0 aromatic rings. The molecule has 0 heterocycles. The molecule has 0 N–H and O–H groups in total. The molecule has 8 heavy (non-hydrogen) atoms. The fourth-order valence-electron chi connectivity index (χ4n) is 0.405. The van der Waals surface area contributed by atoms with Gasteiger partial charge in [-0.05, 0) is 6.42 Å². The summed E-state index contributed by atoms with van der Waals surface area (Å²) in [6.45, 7) is 2.18. The normalized spacial score (nSPS) is 13.9. The van der Waals surface area contributed by atoms with E-state index in [2.05, 4.69) is 32.2 Å². The van der Waals surface area contributed by atoms with E-state index in [0.717, 1.165) is 10.8 Å². The van der Waals surface area contributed by atoms with E-state index in [1.54, 1.807) is 0 Å². The average Bonchev–Trinajstić information content (AvgIpc) is 1.83. The van der Waals surface area contributed by atoms with Crippen molar-refractivity contribution >= 4 is 37.0 Å². The van der Waals surface area contributed by atoms with Crippen LogP contribution in [0.1, 0.15) is 13.3 Å². The first kappa shape index (κ1) is 9.05. The van der Waals surface area contributed by atoms with Gasteiger partial charge in [0, 0.05) is 16.1 Å². The Morgan fingerprint density at radius 3 is 2.25 bits per heavy atom. The molecule has 0 radical (unpaired) electrons. The zero-order valence-electron chi connectivity index (χ0n) is 5.00. The Labute approximate surface area is 66.6 Å². The highest BCUT2D eigenvalue weighted by molar-refractivity contribution is 8.10. The van der Waals surface area contributed by atoms with Crippen LogP contribution in [0.2, 0.25) is 0 Å². The highest BCUT2D eigenvalue weighted by Gasteiger charge is 2.00. The fourth-order valence-corrected chi connectivity index (χ4v) is 2.16. The summed E-state index contributed by atoms with van der Waals surface area (Å²) in [5, 5.41) is 1.62. The molecule has 0 aliphatic rings. The SMILES string of the molecule is CCC(CS)SCS. The quantitative estimate of drug-likeness (QED) is 0.480. The third-order valence-corrected chi connectivity index (χ3v) is 3.22. The van der Waals surface area contributed by atoms with Crippen molar-refractivity contribution in [1.82, 2.24) is 0 Å². The minimum Gasteiger partial charge on any atom is -0.178 e. The molecule has 0 aliphatic heterocycles. The molecule has 0 amide bonds. The van der Waals surface area contributed by atoms with Crippen molar-refractivity contribution in [3.05, 3.63) is 0 Å². The van der Waals surface area contributed by atoms with Crippen LogP contribution < -0.4 is 0 Å². The third-order valence-electron chi connectivity index (χ3n) is 0.969. The van der Waals surface area contributed by atoms with Crippen LogP contribution in [-0.4, -0.2) is 16.1 Å². The van der Waals surface area contributed by atoms with Crippen molar-refractivity contribution in [3.8, 4) is 0 Å². The molecular weight excluding hydrogens is 156 g/mol. The van der Waals surface area contributed by atoms with Gasteiger partial charge < -0.3 is 0 Å².